The molecule has 1 aliphatic rings. The average Bonchev–Trinajstić information content (AvgIpc) is 3.36. The molecule has 5 nitrogen and oxygen atoms in total. The van der Waals surface area contributed by atoms with Gasteiger partial charge in [0.05, 0.1) is 9.90 Å². The zero-order valence-corrected chi connectivity index (χ0v) is 19.5. The first-order valence-corrected chi connectivity index (χ1v) is 11.6. The molecule has 3 rings (SSSR count). The lowest BCUT2D eigenvalue weighted by atomic mass is 10.1. The third kappa shape index (κ3) is 10.9. The van der Waals surface area contributed by atoms with Crippen molar-refractivity contribution in [2.75, 3.05) is 32.4 Å². The smallest absolute Gasteiger partial charge is 0.222 e. The standard InChI is InChI=1S/C11H11FN2O2S.C5H5ClS.C5H11N/c12-10-5-8(6-13)1-2-9(10)11(16)17-4-3-14-7-15;1-4-2-3-5(6)7-4;1-6-4-2-3-5-6/h1-2,5-7,13H,3-4H2,(H,14,15);2-3H,1H3;2-5H2,1H3. The number of thiophene rings is 1. The van der Waals surface area contributed by atoms with Crippen LogP contribution in [0.3, 0.4) is 0 Å². The zero-order valence-electron chi connectivity index (χ0n) is 17.1. The summed E-state index contributed by atoms with van der Waals surface area (Å²) in [4.78, 5) is 25.2. The maximum Gasteiger partial charge on any atom is 0.222 e. The number of hydrogen-bond acceptors (Lipinski definition) is 6. The van der Waals surface area contributed by atoms with E-state index in [1.54, 1.807) is 11.3 Å². The minimum Gasteiger partial charge on any atom is -0.358 e. The monoisotopic (exact) mass is 471 g/mol. The van der Waals surface area contributed by atoms with Crippen molar-refractivity contribution >= 4 is 52.4 Å². The number of aryl methyl sites for hydroxylation is 1. The topological polar surface area (TPSA) is 73.3 Å². The van der Waals surface area contributed by atoms with Gasteiger partial charge in [0.15, 0.2) is 0 Å². The Hall–Kier alpha value is -1.74. The lowest BCUT2D eigenvalue weighted by Crippen LogP contribution is -2.15. The van der Waals surface area contributed by atoms with Crippen molar-refractivity contribution in [3.8, 4) is 0 Å². The van der Waals surface area contributed by atoms with Crippen LogP contribution in [0.2, 0.25) is 4.34 Å². The molecule has 30 heavy (non-hydrogen) atoms. The Labute approximate surface area is 190 Å². The molecule has 1 amide bonds. The third-order valence-electron chi connectivity index (χ3n) is 3.98. The molecule has 1 saturated heterocycles. The maximum atomic E-state index is 13.5. The molecular formula is C21H27ClFN3O2S2. The van der Waals surface area contributed by atoms with Crippen molar-refractivity contribution in [1.29, 1.82) is 5.41 Å². The molecule has 0 unspecified atom stereocenters. The number of nitrogens with one attached hydrogen (secondary N) is 2. The molecule has 164 valence electrons. The third-order valence-corrected chi connectivity index (χ3v) is 6.02. The number of nitrogens with zero attached hydrogens (tertiary/aromatic N) is 1. The molecule has 0 aliphatic carbocycles. The Bertz CT molecular complexity index is 795. The van der Waals surface area contributed by atoms with Gasteiger partial charge in [0.2, 0.25) is 11.5 Å². The van der Waals surface area contributed by atoms with E-state index in [4.69, 9.17) is 17.0 Å². The summed E-state index contributed by atoms with van der Waals surface area (Å²) in [7, 11) is 2.17. The largest absolute Gasteiger partial charge is 0.358 e. The van der Waals surface area contributed by atoms with E-state index >= 15 is 0 Å². The van der Waals surface area contributed by atoms with E-state index in [-0.39, 0.29) is 10.7 Å². The average molecular weight is 472 g/mol. The Morgan fingerprint density at radius 1 is 1.33 bits per heavy atom. The van der Waals surface area contributed by atoms with Gasteiger partial charge in [0.1, 0.15) is 5.82 Å². The van der Waals surface area contributed by atoms with Gasteiger partial charge in [0, 0.05) is 23.4 Å². The predicted molar refractivity (Wildman–Crippen MR) is 126 cm³/mol. The van der Waals surface area contributed by atoms with Crippen LogP contribution >= 0.6 is 34.7 Å². The lowest BCUT2D eigenvalue weighted by molar-refractivity contribution is -0.109. The molecular weight excluding hydrogens is 445 g/mol. The Morgan fingerprint density at radius 3 is 2.43 bits per heavy atom. The molecule has 1 aromatic heterocycles. The first-order chi connectivity index (χ1) is 14.4. The first-order valence-electron chi connectivity index (χ1n) is 9.42. The van der Waals surface area contributed by atoms with Crippen LogP contribution in [0, 0.1) is 18.2 Å². The number of amides is 1. The summed E-state index contributed by atoms with van der Waals surface area (Å²) < 4.78 is 14.3. The van der Waals surface area contributed by atoms with Crippen molar-refractivity contribution in [3.63, 3.8) is 0 Å². The lowest BCUT2D eigenvalue weighted by Gasteiger charge is -2.03. The molecule has 0 spiro atoms. The number of thioether (sulfide) groups is 1. The number of carbonyl (C=O) groups is 2. The highest BCUT2D eigenvalue weighted by molar-refractivity contribution is 8.14. The van der Waals surface area contributed by atoms with Crippen LogP contribution in [-0.4, -0.2) is 55.1 Å². The van der Waals surface area contributed by atoms with E-state index in [1.807, 2.05) is 19.1 Å². The Kier molecular flexibility index (Phi) is 13.3. The fourth-order valence-corrected chi connectivity index (χ4v) is 4.14. The van der Waals surface area contributed by atoms with Gasteiger partial charge in [0.25, 0.3) is 0 Å². The van der Waals surface area contributed by atoms with Crippen LogP contribution < -0.4 is 5.32 Å². The second-order valence-corrected chi connectivity index (χ2v) is 9.44. The predicted octanol–water partition coefficient (Wildman–Crippen LogP) is 4.86. The normalized spacial score (nSPS) is 12.8. The van der Waals surface area contributed by atoms with Gasteiger partial charge in [-0.05, 0) is 69.7 Å². The molecule has 2 heterocycles. The summed E-state index contributed by atoms with van der Waals surface area (Å²) >= 11 is 8.13. The summed E-state index contributed by atoms with van der Waals surface area (Å²) in [5, 5.41) is 8.98. The molecule has 0 radical (unpaired) electrons. The minimum atomic E-state index is -0.633. The number of rotatable bonds is 6. The molecule has 0 saturated carbocycles. The van der Waals surface area contributed by atoms with Crippen LogP contribution in [0.1, 0.15) is 33.6 Å². The van der Waals surface area contributed by atoms with Gasteiger partial charge >= 0.3 is 0 Å². The summed E-state index contributed by atoms with van der Waals surface area (Å²) in [6.07, 6.45) is 4.38. The Morgan fingerprint density at radius 2 is 2.03 bits per heavy atom. The second-order valence-electron chi connectivity index (χ2n) is 6.45. The number of halogens is 2. The van der Waals surface area contributed by atoms with Gasteiger partial charge in [-0.2, -0.15) is 0 Å². The highest BCUT2D eigenvalue weighted by Crippen LogP contribution is 2.19. The van der Waals surface area contributed by atoms with E-state index in [0.717, 1.165) is 28.4 Å². The first kappa shape index (κ1) is 26.3. The van der Waals surface area contributed by atoms with Crippen LogP contribution in [-0.2, 0) is 4.79 Å². The highest BCUT2D eigenvalue weighted by atomic mass is 35.5. The molecule has 2 N–H and O–H groups in total. The summed E-state index contributed by atoms with van der Waals surface area (Å²) in [5.41, 5.74) is 0.401. The van der Waals surface area contributed by atoms with Gasteiger partial charge in [-0.15, -0.1) is 11.3 Å². The van der Waals surface area contributed by atoms with E-state index in [0.29, 0.717) is 24.3 Å². The molecule has 1 fully saturated rings. The molecule has 0 bridgehead atoms. The van der Waals surface area contributed by atoms with Gasteiger partial charge < -0.3 is 15.6 Å². The number of carbonyl (C=O) groups excluding carboxylic acids is 2. The van der Waals surface area contributed by atoms with Gasteiger partial charge in [-0.1, -0.05) is 29.4 Å². The van der Waals surface area contributed by atoms with Crippen molar-refractivity contribution in [1.82, 2.24) is 10.2 Å². The Balaban J connectivity index is 0.000000279. The van der Waals surface area contributed by atoms with Gasteiger partial charge in [-0.3, -0.25) is 9.59 Å². The molecule has 0 atom stereocenters. The zero-order chi connectivity index (χ0) is 22.4. The summed E-state index contributed by atoms with van der Waals surface area (Å²) in [5.74, 6) is -0.240. The SMILES string of the molecule is CN1CCCC1.Cc1ccc(Cl)s1.N=Cc1ccc(C(=O)SCCNC=O)c(F)c1. The van der Waals surface area contributed by atoms with Crippen LogP contribution in [0.25, 0.3) is 0 Å². The van der Waals surface area contributed by atoms with E-state index in [9.17, 15) is 14.0 Å². The summed E-state index contributed by atoms with van der Waals surface area (Å²) in [6.45, 7) is 5.04. The van der Waals surface area contributed by atoms with E-state index in [1.165, 1.54) is 42.9 Å². The second kappa shape index (κ2) is 15.1. The summed E-state index contributed by atoms with van der Waals surface area (Å²) in [6, 6.07) is 7.92. The fourth-order valence-electron chi connectivity index (χ4n) is 2.41. The van der Waals surface area contributed by atoms with Crippen molar-refractivity contribution in [2.45, 2.75) is 19.8 Å². The van der Waals surface area contributed by atoms with E-state index in [2.05, 4.69) is 17.3 Å². The van der Waals surface area contributed by atoms with Crippen molar-refractivity contribution in [2.24, 2.45) is 0 Å². The van der Waals surface area contributed by atoms with Crippen LogP contribution in [0.4, 0.5) is 4.39 Å². The molecule has 1 aromatic carbocycles. The van der Waals surface area contributed by atoms with Crippen LogP contribution in [0.5, 0.6) is 0 Å². The van der Waals surface area contributed by atoms with Crippen LogP contribution in [0.15, 0.2) is 30.3 Å². The molecule has 9 heteroatoms. The minimum absolute atomic E-state index is 0.00768. The maximum absolute atomic E-state index is 13.5. The molecule has 1 aliphatic heterocycles. The van der Waals surface area contributed by atoms with Gasteiger partial charge in [-0.25, -0.2) is 4.39 Å². The number of likely N-dealkylation sites (tertiary alicyclic amines) is 1. The molecule has 2 aromatic rings. The highest BCUT2D eigenvalue weighted by Gasteiger charge is 2.12. The number of hydrogen-bond donors (Lipinski definition) is 2. The fraction of sp³-hybridized carbons (Fsp3) is 0.381. The van der Waals surface area contributed by atoms with E-state index < -0.39 is 5.82 Å². The van der Waals surface area contributed by atoms with Crippen molar-refractivity contribution in [3.05, 3.63) is 56.5 Å². The number of benzene rings is 1. The van der Waals surface area contributed by atoms with Crippen molar-refractivity contribution < 1.29 is 14.0 Å². The quantitative estimate of drug-likeness (QED) is 0.358.